The first kappa shape index (κ1) is 23.5. The van der Waals surface area contributed by atoms with Crippen LogP contribution in [0.3, 0.4) is 0 Å². The molecule has 2 aromatic rings. The smallest absolute Gasteiger partial charge is 0.338 e. The summed E-state index contributed by atoms with van der Waals surface area (Å²) >= 11 is 9.40. The van der Waals surface area contributed by atoms with E-state index < -0.39 is 24.4 Å². The predicted molar refractivity (Wildman–Crippen MR) is 115 cm³/mol. The van der Waals surface area contributed by atoms with Crippen molar-refractivity contribution < 1.29 is 28.6 Å². The molecule has 0 radical (unpaired) electrons. The summed E-state index contributed by atoms with van der Waals surface area (Å²) < 4.78 is 16.1. The molecule has 0 fully saturated rings. The third-order valence-electron chi connectivity index (χ3n) is 3.91. The zero-order chi connectivity index (χ0) is 22.3. The van der Waals surface area contributed by atoms with Crippen LogP contribution in [0.15, 0.2) is 34.8 Å². The van der Waals surface area contributed by atoms with Gasteiger partial charge in [-0.3, -0.25) is 9.59 Å². The van der Waals surface area contributed by atoms with Crippen LogP contribution < -0.4 is 20.1 Å². The fraction of sp³-hybridized carbons (Fsp3) is 0.250. The van der Waals surface area contributed by atoms with Gasteiger partial charge in [0, 0.05) is 10.2 Å². The van der Waals surface area contributed by atoms with Gasteiger partial charge in [-0.05, 0) is 42.8 Å². The Morgan fingerprint density at radius 3 is 2.43 bits per heavy atom. The number of ether oxygens (including phenoxy) is 3. The molecule has 2 amide bonds. The van der Waals surface area contributed by atoms with E-state index in [9.17, 15) is 14.4 Å². The lowest BCUT2D eigenvalue weighted by Crippen LogP contribution is -2.35. The quantitative estimate of drug-likeness (QED) is 0.540. The number of esters is 1. The van der Waals surface area contributed by atoms with E-state index in [4.69, 9.17) is 25.8 Å². The number of aryl methyl sites for hydroxylation is 1. The molecule has 0 bridgehead atoms. The van der Waals surface area contributed by atoms with Crippen molar-refractivity contribution in [3.8, 4) is 11.5 Å². The van der Waals surface area contributed by atoms with Gasteiger partial charge in [-0.15, -0.1) is 0 Å². The molecular weight excluding hydrogens is 480 g/mol. The minimum absolute atomic E-state index is 0.0916. The Morgan fingerprint density at radius 2 is 1.80 bits per heavy atom. The fourth-order valence-corrected chi connectivity index (χ4v) is 3.21. The van der Waals surface area contributed by atoms with E-state index in [2.05, 4.69) is 26.6 Å². The van der Waals surface area contributed by atoms with Gasteiger partial charge in [-0.2, -0.15) is 0 Å². The monoisotopic (exact) mass is 498 g/mol. The lowest BCUT2D eigenvalue weighted by Gasteiger charge is -2.12. The van der Waals surface area contributed by atoms with E-state index in [0.717, 1.165) is 10.0 Å². The van der Waals surface area contributed by atoms with Crippen LogP contribution in [0, 0.1) is 6.92 Å². The zero-order valence-corrected chi connectivity index (χ0v) is 18.8. The number of hydrogen-bond acceptors (Lipinski definition) is 6. The maximum absolute atomic E-state index is 12.2. The minimum Gasteiger partial charge on any atom is -0.493 e. The van der Waals surface area contributed by atoms with E-state index in [0.29, 0.717) is 5.69 Å². The Labute approximate surface area is 187 Å². The molecule has 2 rings (SSSR count). The van der Waals surface area contributed by atoms with Gasteiger partial charge >= 0.3 is 5.97 Å². The van der Waals surface area contributed by atoms with Crippen LogP contribution in [0.1, 0.15) is 15.9 Å². The first-order valence-electron chi connectivity index (χ1n) is 8.66. The highest BCUT2D eigenvalue weighted by Gasteiger charge is 2.17. The van der Waals surface area contributed by atoms with Crippen LogP contribution in [0.25, 0.3) is 0 Å². The van der Waals surface area contributed by atoms with Crippen molar-refractivity contribution in [3.63, 3.8) is 0 Å². The summed E-state index contributed by atoms with van der Waals surface area (Å²) in [5.41, 5.74) is 1.59. The Balaban J connectivity index is 1.85. The molecule has 0 spiro atoms. The highest BCUT2D eigenvalue weighted by atomic mass is 79.9. The first-order chi connectivity index (χ1) is 14.2. The number of anilines is 1. The van der Waals surface area contributed by atoms with E-state index >= 15 is 0 Å². The van der Waals surface area contributed by atoms with Crippen molar-refractivity contribution in [2.75, 3.05) is 32.7 Å². The molecule has 0 atom stereocenters. The fourth-order valence-electron chi connectivity index (χ4n) is 2.44. The molecule has 30 heavy (non-hydrogen) atoms. The second-order valence-corrected chi connectivity index (χ2v) is 7.38. The van der Waals surface area contributed by atoms with Gasteiger partial charge in [0.2, 0.25) is 5.91 Å². The van der Waals surface area contributed by atoms with Gasteiger partial charge in [-0.25, -0.2) is 4.79 Å². The first-order valence-corrected chi connectivity index (χ1v) is 9.83. The Hall–Kier alpha value is -2.78. The second-order valence-electron chi connectivity index (χ2n) is 6.05. The third kappa shape index (κ3) is 6.36. The van der Waals surface area contributed by atoms with Crippen LogP contribution >= 0.6 is 27.5 Å². The molecule has 2 aromatic carbocycles. The predicted octanol–water partition coefficient (Wildman–Crippen LogP) is 3.34. The number of hydrogen-bond donors (Lipinski definition) is 2. The summed E-state index contributed by atoms with van der Waals surface area (Å²) in [6.45, 7) is 1.02. The van der Waals surface area contributed by atoms with Gasteiger partial charge in [0.15, 0.2) is 18.1 Å². The second kappa shape index (κ2) is 10.8. The summed E-state index contributed by atoms with van der Waals surface area (Å²) in [5, 5.41) is 5.24. The van der Waals surface area contributed by atoms with Crippen molar-refractivity contribution in [2.45, 2.75) is 6.92 Å². The number of carbonyl (C=O) groups excluding carboxylic acids is 3. The average Bonchev–Trinajstić information content (AvgIpc) is 2.71. The Kier molecular flexibility index (Phi) is 8.49. The van der Waals surface area contributed by atoms with Crippen LogP contribution in [0.4, 0.5) is 5.69 Å². The van der Waals surface area contributed by atoms with E-state index in [1.54, 1.807) is 12.1 Å². The van der Waals surface area contributed by atoms with Crippen LogP contribution in [0.2, 0.25) is 5.02 Å². The molecule has 0 saturated heterocycles. The van der Waals surface area contributed by atoms with Crippen LogP contribution in [-0.2, 0) is 14.3 Å². The lowest BCUT2D eigenvalue weighted by molar-refractivity contribution is -0.126. The van der Waals surface area contributed by atoms with E-state index in [-0.39, 0.29) is 28.6 Å². The zero-order valence-electron chi connectivity index (χ0n) is 16.5. The average molecular weight is 500 g/mol. The summed E-state index contributed by atoms with van der Waals surface area (Å²) in [4.78, 5) is 36.1. The van der Waals surface area contributed by atoms with Crippen molar-refractivity contribution >= 4 is 51.0 Å². The molecule has 0 aliphatic carbocycles. The molecular formula is C20H20BrClN2O6. The molecule has 2 N–H and O–H groups in total. The number of carbonyl (C=O) groups is 3. The molecule has 0 saturated carbocycles. The number of nitrogens with one attached hydrogen (secondary N) is 2. The minimum atomic E-state index is -0.775. The maximum atomic E-state index is 12.2. The SMILES string of the molecule is COc1cc(C(=O)OCC(=O)NCC(=O)Nc2ccc(Br)cc2C)cc(Cl)c1OC. The molecule has 160 valence electrons. The van der Waals surface area contributed by atoms with Crippen molar-refractivity contribution in [3.05, 3.63) is 51.0 Å². The number of benzene rings is 2. The van der Waals surface area contributed by atoms with Gasteiger partial charge in [-0.1, -0.05) is 27.5 Å². The molecule has 0 aliphatic heterocycles. The third-order valence-corrected chi connectivity index (χ3v) is 4.69. The molecule has 0 unspecified atom stereocenters. The number of rotatable bonds is 8. The van der Waals surface area contributed by atoms with Crippen molar-refractivity contribution in [1.29, 1.82) is 0 Å². The number of methoxy groups -OCH3 is 2. The molecule has 10 heteroatoms. The van der Waals surface area contributed by atoms with Gasteiger partial charge in [0.1, 0.15) is 0 Å². The summed E-state index contributed by atoms with van der Waals surface area (Å²) in [6, 6.07) is 8.13. The van der Waals surface area contributed by atoms with E-state index in [1.165, 1.54) is 26.4 Å². The van der Waals surface area contributed by atoms with Crippen LogP contribution in [-0.4, -0.2) is 45.2 Å². The highest BCUT2D eigenvalue weighted by Crippen LogP contribution is 2.36. The number of amides is 2. The summed E-state index contributed by atoms with van der Waals surface area (Å²) in [5.74, 6) is -1.28. The summed E-state index contributed by atoms with van der Waals surface area (Å²) in [7, 11) is 2.82. The standard InChI is InChI=1S/C20H20BrClN2O6/c1-11-6-13(21)4-5-15(11)24-17(25)9-23-18(26)10-30-20(27)12-7-14(22)19(29-3)16(8-12)28-2/h4-8H,9-10H2,1-3H3,(H,23,26)(H,24,25). The van der Waals surface area contributed by atoms with Crippen molar-refractivity contribution in [1.82, 2.24) is 5.32 Å². The largest absolute Gasteiger partial charge is 0.493 e. The maximum Gasteiger partial charge on any atom is 0.338 e. The number of halogens is 2. The molecule has 0 heterocycles. The Morgan fingerprint density at radius 1 is 1.07 bits per heavy atom. The summed E-state index contributed by atoms with van der Waals surface area (Å²) in [6.07, 6.45) is 0. The molecule has 0 aliphatic rings. The highest BCUT2D eigenvalue weighted by molar-refractivity contribution is 9.10. The Bertz CT molecular complexity index is 967. The molecule has 0 aromatic heterocycles. The van der Waals surface area contributed by atoms with Gasteiger partial charge < -0.3 is 24.8 Å². The van der Waals surface area contributed by atoms with Crippen LogP contribution in [0.5, 0.6) is 11.5 Å². The normalized spacial score (nSPS) is 10.2. The lowest BCUT2D eigenvalue weighted by atomic mass is 10.2. The van der Waals surface area contributed by atoms with Crippen molar-refractivity contribution in [2.24, 2.45) is 0 Å². The van der Waals surface area contributed by atoms with Gasteiger partial charge in [0.25, 0.3) is 5.91 Å². The van der Waals surface area contributed by atoms with E-state index in [1.807, 2.05) is 13.0 Å². The topological polar surface area (TPSA) is 103 Å². The van der Waals surface area contributed by atoms with Gasteiger partial charge in [0.05, 0.1) is 31.4 Å². The molecule has 8 nitrogen and oxygen atoms in total.